The van der Waals surface area contributed by atoms with Gasteiger partial charge in [-0.15, -0.1) is 6.92 Å². The Hall–Kier alpha value is -0.408. The SMILES string of the molecule is CC1=[C-]C(C)([Si](c2cc([Si](C)(C)C)cc(C)c2C)(c2cc([Si](C)(C)C)cc(C)c2C)c2cc([Si](C)(C)C)cc(C)c2C)C(C)=C1C.[Cl-].[Cl-].[Cl-].[Ti+4]. The zero-order valence-corrected chi connectivity index (χ0v) is 42.4. The molecule has 0 nitrogen and oxygen atoms in total. The molecule has 4 rings (SSSR count). The summed E-state index contributed by atoms with van der Waals surface area (Å²) in [4.78, 5) is 0. The van der Waals surface area contributed by atoms with Crippen LogP contribution < -0.4 is 68.3 Å². The fraction of sp³-hybridized carbons (Fsp3) is 0.476. The molecular weight excluding hydrogens is 771 g/mol. The molecular formula is C42H63Cl3Si4Ti. The van der Waals surface area contributed by atoms with Gasteiger partial charge < -0.3 is 37.2 Å². The summed E-state index contributed by atoms with van der Waals surface area (Å²) in [6.45, 7) is 46.9. The molecule has 0 bridgehead atoms. The van der Waals surface area contributed by atoms with Crippen LogP contribution >= 0.6 is 0 Å². The van der Waals surface area contributed by atoms with Crippen molar-refractivity contribution in [2.75, 3.05) is 0 Å². The van der Waals surface area contributed by atoms with Crippen molar-refractivity contribution in [3.8, 4) is 0 Å². The molecule has 0 heterocycles. The first-order chi connectivity index (χ1) is 20.8. The maximum atomic E-state index is 4.32. The third-order valence-electron chi connectivity index (χ3n) is 11.9. The standard InChI is InChI=1S/C42H63Si4.3ClH.Ti/c1-27-20-36(43(11,12)13)23-39(32(27)6)46(42(10)26-30(4)31(5)35(42)9,40-24-37(44(14,15)16)21-28(2)33(40)7)41-25-38(45(17,18)19)22-29(3)34(41)8;;;;/h20-25H,1-19H3;3*1H;/q-1;;;;+4/p-3. The van der Waals surface area contributed by atoms with Crippen LogP contribution in [0.2, 0.25) is 64.0 Å². The van der Waals surface area contributed by atoms with Crippen molar-refractivity contribution in [3.63, 3.8) is 0 Å². The molecule has 0 saturated heterocycles. The van der Waals surface area contributed by atoms with Gasteiger partial charge in [-0.25, -0.2) is 5.57 Å². The first-order valence-corrected chi connectivity index (χ1v) is 30.0. The third kappa shape index (κ3) is 8.30. The second kappa shape index (κ2) is 16.5. The molecule has 1 atom stereocenters. The monoisotopic (exact) mass is 832 g/mol. The van der Waals surface area contributed by atoms with Gasteiger partial charge >= 0.3 is 21.7 Å². The van der Waals surface area contributed by atoms with Crippen molar-refractivity contribution in [1.82, 2.24) is 0 Å². The molecule has 0 saturated carbocycles. The maximum absolute atomic E-state index is 4.32. The predicted molar refractivity (Wildman–Crippen MR) is 221 cm³/mol. The summed E-state index contributed by atoms with van der Waals surface area (Å²) < 4.78 is 0. The van der Waals surface area contributed by atoms with E-state index in [2.05, 4.69) is 171 Å². The van der Waals surface area contributed by atoms with Gasteiger partial charge in [0, 0.05) is 0 Å². The van der Waals surface area contributed by atoms with Gasteiger partial charge in [0.05, 0.1) is 24.2 Å². The Kier molecular flexibility index (Phi) is 16.4. The zero-order chi connectivity index (χ0) is 35.1. The second-order valence-corrected chi connectivity index (χ2v) is 37.4. The minimum Gasteiger partial charge on any atom is -1.00 e. The van der Waals surface area contributed by atoms with Gasteiger partial charge in [0.1, 0.15) is 8.07 Å². The van der Waals surface area contributed by atoms with Crippen molar-refractivity contribution >= 4 is 63.4 Å². The van der Waals surface area contributed by atoms with E-state index in [9.17, 15) is 0 Å². The van der Waals surface area contributed by atoms with Crippen molar-refractivity contribution in [1.29, 1.82) is 0 Å². The van der Waals surface area contributed by atoms with Crippen molar-refractivity contribution < 1.29 is 58.9 Å². The van der Waals surface area contributed by atoms with Crippen LogP contribution in [0, 0.1) is 47.6 Å². The third-order valence-corrected chi connectivity index (χ3v) is 23.9. The average Bonchev–Trinajstić information content (AvgIpc) is 3.11. The molecule has 50 heavy (non-hydrogen) atoms. The van der Waals surface area contributed by atoms with Gasteiger partial charge in [-0.2, -0.15) is 11.1 Å². The summed E-state index contributed by atoms with van der Waals surface area (Å²) in [7, 11) is -7.86. The van der Waals surface area contributed by atoms with Gasteiger partial charge in [0.25, 0.3) is 0 Å². The molecule has 0 aromatic heterocycles. The fourth-order valence-corrected chi connectivity index (χ4v) is 19.0. The minimum atomic E-state index is -2.94. The summed E-state index contributed by atoms with van der Waals surface area (Å²) in [5.74, 6) is 0. The van der Waals surface area contributed by atoms with Crippen LogP contribution in [0.15, 0.2) is 53.1 Å². The number of hydrogen-bond acceptors (Lipinski definition) is 0. The Balaban J connectivity index is 0.00000600. The summed E-state index contributed by atoms with van der Waals surface area (Å²) in [5.41, 5.74) is 13.1. The summed E-state index contributed by atoms with van der Waals surface area (Å²) in [6.07, 6.45) is 4.32. The average molecular weight is 835 g/mol. The molecule has 0 radical (unpaired) electrons. The number of hydrogen-bond donors (Lipinski definition) is 0. The van der Waals surface area contributed by atoms with E-state index in [0.717, 1.165) is 0 Å². The second-order valence-electron chi connectivity index (χ2n) is 18.0. The van der Waals surface area contributed by atoms with E-state index in [4.69, 9.17) is 0 Å². The molecule has 0 N–H and O–H groups in total. The normalized spacial score (nSPS) is 16.6. The van der Waals surface area contributed by atoms with Gasteiger partial charge in [-0.1, -0.05) is 137 Å². The van der Waals surface area contributed by atoms with E-state index in [1.54, 1.807) is 31.1 Å². The molecule has 1 aliphatic rings. The van der Waals surface area contributed by atoms with E-state index in [1.165, 1.54) is 50.1 Å². The van der Waals surface area contributed by atoms with Crippen LogP contribution in [0.4, 0.5) is 0 Å². The van der Waals surface area contributed by atoms with Crippen molar-refractivity contribution in [2.24, 2.45) is 0 Å². The fourth-order valence-electron chi connectivity index (χ4n) is 7.88. The van der Waals surface area contributed by atoms with Crippen LogP contribution in [0.25, 0.3) is 0 Å². The van der Waals surface area contributed by atoms with Crippen LogP contribution in [-0.4, -0.2) is 32.3 Å². The first kappa shape index (κ1) is 49.6. The number of rotatable bonds is 7. The Morgan fingerprint density at radius 3 is 0.920 bits per heavy atom. The van der Waals surface area contributed by atoms with Crippen molar-refractivity contribution in [2.45, 2.75) is 133 Å². The van der Waals surface area contributed by atoms with E-state index in [0.29, 0.717) is 0 Å². The Morgan fingerprint density at radius 2 is 0.720 bits per heavy atom. The smallest absolute Gasteiger partial charge is 1.00 e. The Morgan fingerprint density at radius 1 is 0.460 bits per heavy atom. The van der Waals surface area contributed by atoms with E-state index >= 15 is 0 Å². The Bertz CT molecular complexity index is 1640. The molecule has 3 aromatic carbocycles. The molecule has 3 aromatic rings. The Labute approximate surface area is 345 Å². The van der Waals surface area contributed by atoms with E-state index in [-0.39, 0.29) is 64.0 Å². The first-order valence-electron chi connectivity index (χ1n) is 17.5. The largest absolute Gasteiger partial charge is 4.00 e. The molecule has 1 unspecified atom stereocenters. The number of aryl methyl sites for hydroxylation is 3. The van der Waals surface area contributed by atoms with Crippen LogP contribution in [0.1, 0.15) is 61.1 Å². The molecule has 0 aliphatic heterocycles. The topological polar surface area (TPSA) is 0 Å². The van der Waals surface area contributed by atoms with Crippen molar-refractivity contribution in [3.05, 3.63) is 92.6 Å². The number of allylic oxidation sites excluding steroid dienone is 4. The molecule has 8 heteroatoms. The van der Waals surface area contributed by atoms with E-state index < -0.39 is 32.3 Å². The molecule has 0 spiro atoms. The van der Waals surface area contributed by atoms with Gasteiger partial charge in [0.2, 0.25) is 0 Å². The zero-order valence-electron chi connectivity index (χ0n) is 34.6. The number of halogens is 3. The molecule has 272 valence electrons. The molecule has 1 aliphatic carbocycles. The summed E-state index contributed by atoms with van der Waals surface area (Å²) in [6, 6.07) is 15.8. The van der Waals surface area contributed by atoms with Crippen LogP contribution in [0.5, 0.6) is 0 Å². The van der Waals surface area contributed by atoms with Gasteiger partial charge in [0.15, 0.2) is 0 Å². The maximum Gasteiger partial charge on any atom is 4.00 e. The summed E-state index contributed by atoms with van der Waals surface area (Å²) in [5, 5.41) is 9.34. The molecule has 0 amide bonds. The predicted octanol–water partition coefficient (Wildman–Crippen LogP) is -0.488. The molecule has 0 fully saturated rings. The number of benzene rings is 3. The van der Waals surface area contributed by atoms with E-state index in [1.807, 2.05) is 0 Å². The van der Waals surface area contributed by atoms with Gasteiger partial charge in [-0.05, 0) is 90.5 Å². The van der Waals surface area contributed by atoms with Crippen LogP contribution in [-0.2, 0) is 21.7 Å². The quantitative estimate of drug-likeness (QED) is 0.172. The van der Waals surface area contributed by atoms with Gasteiger partial charge in [-0.3, -0.25) is 6.08 Å². The minimum absolute atomic E-state index is 0. The van der Waals surface area contributed by atoms with Crippen LogP contribution in [0.3, 0.4) is 0 Å². The summed E-state index contributed by atoms with van der Waals surface area (Å²) >= 11 is 0.